The first-order valence-electron chi connectivity index (χ1n) is 12.7. The Labute approximate surface area is 226 Å². The predicted octanol–water partition coefficient (Wildman–Crippen LogP) is 2.25. The third-order valence-corrected chi connectivity index (χ3v) is 29.4. The molecule has 0 saturated heterocycles. The van der Waals surface area contributed by atoms with E-state index in [0.717, 1.165) is 19.1 Å². The first-order valence-corrected chi connectivity index (χ1v) is 21.8. The van der Waals surface area contributed by atoms with Gasteiger partial charge in [-0.05, 0) is 0 Å². The van der Waals surface area contributed by atoms with Gasteiger partial charge in [-0.25, -0.2) is 0 Å². The number of fused-ring (bicyclic) bond motifs is 6. The molecule has 0 spiro atoms. The van der Waals surface area contributed by atoms with Gasteiger partial charge in [0.1, 0.15) is 0 Å². The monoisotopic (exact) mass is 584 g/mol. The van der Waals surface area contributed by atoms with Crippen molar-refractivity contribution >= 4 is 5.43 Å². The summed E-state index contributed by atoms with van der Waals surface area (Å²) in [5, 5.41) is 0. The van der Waals surface area contributed by atoms with Gasteiger partial charge in [-0.1, -0.05) is 0 Å². The predicted molar refractivity (Wildman–Crippen MR) is 134 cm³/mol. The largest absolute Gasteiger partial charge is 1.00 e. The van der Waals surface area contributed by atoms with Crippen molar-refractivity contribution in [3.63, 3.8) is 0 Å². The molecule has 0 fully saturated rings. The standard InChI is InChI=1S/2C14H15.C2H6Si.2ClH.Zr/c2*1-10-6-7-12-9-11-4-2-3-5-13(11)14(12)8-10;1-3-2;;;/h2*2-5,8-9,12,14H,6-7H2,1H3;1-2H3;2*1H;/q;;;;;+2/p-2. The van der Waals surface area contributed by atoms with Crippen LogP contribution in [0.25, 0.3) is 0 Å². The van der Waals surface area contributed by atoms with Gasteiger partial charge in [-0.2, -0.15) is 0 Å². The van der Waals surface area contributed by atoms with Crippen molar-refractivity contribution in [1.82, 2.24) is 0 Å². The van der Waals surface area contributed by atoms with Crippen LogP contribution >= 0.6 is 0 Å². The number of allylic oxidation sites excluding steroid dienone is 4. The Morgan fingerprint density at radius 3 is 1.41 bits per heavy atom. The molecule has 4 aliphatic carbocycles. The van der Waals surface area contributed by atoms with Crippen LogP contribution in [0.2, 0.25) is 13.1 Å². The van der Waals surface area contributed by atoms with Crippen LogP contribution in [-0.4, -0.2) is 5.43 Å². The second kappa shape index (κ2) is 10.5. The fourth-order valence-corrected chi connectivity index (χ4v) is 30.6. The van der Waals surface area contributed by atoms with Crippen LogP contribution < -0.4 is 24.8 Å². The molecule has 4 heteroatoms. The number of hydrogen-bond donors (Lipinski definition) is 0. The molecule has 178 valence electrons. The molecule has 0 nitrogen and oxygen atoms in total. The smallest absolute Gasteiger partial charge is 1.00 e. The van der Waals surface area contributed by atoms with Gasteiger partial charge in [-0.15, -0.1) is 0 Å². The van der Waals surface area contributed by atoms with Crippen molar-refractivity contribution in [3.8, 4) is 0 Å². The van der Waals surface area contributed by atoms with Gasteiger partial charge >= 0.3 is 203 Å². The Kier molecular flexibility index (Phi) is 8.26. The minimum Gasteiger partial charge on any atom is -1.00 e. The molecule has 0 saturated carbocycles. The summed E-state index contributed by atoms with van der Waals surface area (Å²) in [6.45, 7) is 10.2. The zero-order chi connectivity index (χ0) is 22.0. The second-order valence-electron chi connectivity index (χ2n) is 11.2. The van der Waals surface area contributed by atoms with Gasteiger partial charge in [0.15, 0.2) is 0 Å². The van der Waals surface area contributed by atoms with Crippen LogP contribution in [0.3, 0.4) is 0 Å². The maximum Gasteiger partial charge on any atom is -1.00 e. The van der Waals surface area contributed by atoms with E-state index in [1.165, 1.54) is 25.7 Å². The number of hydrogen-bond acceptors (Lipinski definition) is 0. The van der Waals surface area contributed by atoms with Gasteiger partial charge in [0.2, 0.25) is 0 Å². The van der Waals surface area contributed by atoms with E-state index in [4.69, 9.17) is 0 Å². The van der Waals surface area contributed by atoms with Crippen molar-refractivity contribution in [2.75, 3.05) is 0 Å². The van der Waals surface area contributed by atoms with E-state index >= 15 is 0 Å². The van der Waals surface area contributed by atoms with Crippen molar-refractivity contribution in [1.29, 1.82) is 0 Å². The summed E-state index contributed by atoms with van der Waals surface area (Å²) in [4.78, 5) is 0. The zero-order valence-corrected chi connectivity index (χ0v) is 25.8. The van der Waals surface area contributed by atoms with E-state index in [2.05, 4.69) is 87.6 Å². The van der Waals surface area contributed by atoms with Gasteiger partial charge in [0.05, 0.1) is 0 Å². The average Bonchev–Trinajstić information content (AvgIpc) is 3.27. The molecule has 6 unspecified atom stereocenters. The molecule has 6 atom stereocenters. The molecule has 34 heavy (non-hydrogen) atoms. The summed E-state index contributed by atoms with van der Waals surface area (Å²) >= 11 is -1.85. The topological polar surface area (TPSA) is 0 Å². The van der Waals surface area contributed by atoms with Crippen molar-refractivity contribution in [2.45, 2.75) is 71.7 Å². The number of benzene rings is 2. The minimum absolute atomic E-state index is 0. The molecule has 0 amide bonds. The van der Waals surface area contributed by atoms with E-state index in [0.29, 0.717) is 11.8 Å². The SMILES string of the molecule is CC1=CC2c3ccccc3[CH]([Zr+2]([CH]3c4ccccc4C4C=C(C)CCC43)=[Si](C)C)C2CC1.[Cl-].[Cl-]. The second-order valence-corrected chi connectivity index (χ2v) is 29.2. The van der Waals surface area contributed by atoms with Crippen LogP contribution in [0.5, 0.6) is 0 Å². The number of rotatable bonds is 2. The first-order chi connectivity index (χ1) is 15.5. The van der Waals surface area contributed by atoms with Gasteiger partial charge in [0.25, 0.3) is 0 Å². The first kappa shape index (κ1) is 26.7. The molecule has 0 aliphatic heterocycles. The zero-order valence-electron chi connectivity index (χ0n) is 20.8. The third kappa shape index (κ3) is 4.23. The molecule has 0 N–H and O–H groups in total. The Balaban J connectivity index is 0.00000137. The van der Waals surface area contributed by atoms with E-state index in [1.807, 2.05) is 0 Å². The van der Waals surface area contributed by atoms with Gasteiger partial charge < -0.3 is 24.8 Å². The van der Waals surface area contributed by atoms with E-state index in [9.17, 15) is 0 Å². The van der Waals surface area contributed by atoms with Crippen LogP contribution in [0.1, 0.15) is 80.9 Å². The Morgan fingerprint density at radius 1 is 0.647 bits per heavy atom. The quantitative estimate of drug-likeness (QED) is 0.374. The molecule has 0 radical (unpaired) electrons. The Bertz CT molecular complexity index is 1090. The molecule has 0 aromatic heterocycles. The summed E-state index contributed by atoms with van der Waals surface area (Å²) in [7, 11) is 0. The Morgan fingerprint density at radius 2 is 1.03 bits per heavy atom. The maximum absolute atomic E-state index is 2.71. The van der Waals surface area contributed by atoms with Crippen molar-refractivity contribution in [2.24, 2.45) is 11.8 Å². The van der Waals surface area contributed by atoms with Crippen molar-refractivity contribution < 1.29 is 45.2 Å². The minimum atomic E-state index is -1.85. The van der Waals surface area contributed by atoms with Gasteiger partial charge in [-0.3, -0.25) is 0 Å². The fourth-order valence-electron chi connectivity index (χ4n) is 7.83. The third-order valence-electron chi connectivity index (χ3n) is 9.08. The number of halogens is 2. The summed E-state index contributed by atoms with van der Waals surface area (Å²) in [6.07, 6.45) is 10.8. The van der Waals surface area contributed by atoms with Crippen LogP contribution in [0.15, 0.2) is 71.8 Å². The van der Waals surface area contributed by atoms with Crippen LogP contribution in [0, 0.1) is 11.8 Å². The van der Waals surface area contributed by atoms with E-state index in [1.54, 1.807) is 33.4 Å². The fraction of sp³-hybridized carbons (Fsp3) is 0.467. The summed E-state index contributed by atoms with van der Waals surface area (Å²) in [5.41, 5.74) is 9.94. The molecule has 4 aliphatic rings. The normalized spacial score (nSPS) is 30.1. The summed E-state index contributed by atoms with van der Waals surface area (Å²) in [6, 6.07) is 19.4. The molecular weight excluding hydrogens is 551 g/mol. The van der Waals surface area contributed by atoms with Gasteiger partial charge in [0, 0.05) is 0 Å². The molecule has 0 bridgehead atoms. The molecule has 6 rings (SSSR count). The van der Waals surface area contributed by atoms with Crippen molar-refractivity contribution in [3.05, 3.63) is 94.1 Å². The molecule has 2 aromatic rings. The molecule has 0 heterocycles. The average molecular weight is 587 g/mol. The Hall–Kier alpha value is -0.400. The van der Waals surface area contributed by atoms with E-state index < -0.39 is 20.4 Å². The molecular formula is C30H36Cl2SiZr. The van der Waals surface area contributed by atoms with Crippen LogP contribution in [-0.2, 0) is 20.4 Å². The van der Waals surface area contributed by atoms with Crippen LogP contribution in [0.4, 0.5) is 0 Å². The molecule has 2 aromatic carbocycles. The van der Waals surface area contributed by atoms with E-state index in [-0.39, 0.29) is 30.2 Å². The summed E-state index contributed by atoms with van der Waals surface area (Å²) < 4.78 is 1.85. The maximum atomic E-state index is 2.71. The summed E-state index contributed by atoms with van der Waals surface area (Å²) in [5.74, 6) is 3.17.